The average molecular weight is 223 g/mol. The van der Waals surface area contributed by atoms with Gasteiger partial charge < -0.3 is 5.11 Å². The Hall–Kier alpha value is 0.440. The molecule has 0 aromatic heterocycles. The first-order valence-corrected chi connectivity index (χ1v) is 5.41. The molecule has 0 aliphatic carbocycles. The van der Waals surface area contributed by atoms with Gasteiger partial charge in [-0.1, -0.05) is 36.2 Å². The van der Waals surface area contributed by atoms with E-state index in [-0.39, 0.29) is 0 Å². The number of hydrogen-bond donors (Lipinski definition) is 1. The molecule has 0 unspecified atom stereocenters. The van der Waals surface area contributed by atoms with Crippen LogP contribution in [0, 0.1) is 5.41 Å². The van der Waals surface area contributed by atoms with Gasteiger partial charge in [-0.15, -0.1) is 0 Å². The Morgan fingerprint density at radius 1 is 1.18 bits per heavy atom. The third-order valence-electron chi connectivity index (χ3n) is 2.03. The number of unbranched alkanes of at least 4 members (excludes halogenated alkanes) is 1. The fourth-order valence-corrected chi connectivity index (χ4v) is 2.17. The summed E-state index contributed by atoms with van der Waals surface area (Å²) < 4.78 is 0. The summed E-state index contributed by atoms with van der Waals surface area (Å²) in [5.41, 5.74) is 0.443. The van der Waals surface area contributed by atoms with Crippen LogP contribution in [0.2, 0.25) is 0 Å². The first-order chi connectivity index (χ1) is 5.12. The van der Waals surface area contributed by atoms with Crippen molar-refractivity contribution >= 4 is 15.9 Å². The fourth-order valence-electron chi connectivity index (χ4n) is 1.10. The lowest BCUT2D eigenvalue weighted by Crippen LogP contribution is -2.11. The van der Waals surface area contributed by atoms with E-state index >= 15 is 0 Å². The number of aliphatic hydroxyl groups is 1. The summed E-state index contributed by atoms with van der Waals surface area (Å²) in [7, 11) is 0. The van der Waals surface area contributed by atoms with E-state index in [9.17, 15) is 0 Å². The highest BCUT2D eigenvalue weighted by Gasteiger charge is 2.15. The lowest BCUT2D eigenvalue weighted by molar-refractivity contribution is 0.257. The van der Waals surface area contributed by atoms with Crippen molar-refractivity contribution in [1.29, 1.82) is 0 Å². The number of hydrogen-bond acceptors (Lipinski definition) is 1. The summed E-state index contributed by atoms with van der Waals surface area (Å²) in [6.07, 6.45) is 4.54. The molecule has 1 N–H and O–H groups in total. The highest BCUT2D eigenvalue weighted by atomic mass is 79.9. The topological polar surface area (TPSA) is 20.2 Å². The Kier molecular flexibility index (Phi) is 6.25. The quantitative estimate of drug-likeness (QED) is 0.542. The van der Waals surface area contributed by atoms with Gasteiger partial charge in [-0.3, -0.25) is 0 Å². The van der Waals surface area contributed by atoms with E-state index in [1.165, 1.54) is 12.8 Å². The molecule has 68 valence electrons. The third-order valence-corrected chi connectivity index (χ3v) is 2.43. The maximum Gasteiger partial charge on any atom is 0.0431 e. The smallest absolute Gasteiger partial charge is 0.0431 e. The van der Waals surface area contributed by atoms with E-state index in [1.807, 2.05) is 0 Å². The van der Waals surface area contributed by atoms with Gasteiger partial charge in [-0.05, 0) is 24.7 Å². The Balaban J connectivity index is 3.38. The van der Waals surface area contributed by atoms with Crippen molar-refractivity contribution in [2.24, 2.45) is 5.41 Å². The van der Waals surface area contributed by atoms with Gasteiger partial charge in [0.05, 0.1) is 0 Å². The maximum atomic E-state index is 8.58. The summed E-state index contributed by atoms with van der Waals surface area (Å²) in [6, 6.07) is 0. The molecule has 0 rings (SSSR count). The van der Waals surface area contributed by atoms with Crippen LogP contribution in [0.5, 0.6) is 0 Å². The highest BCUT2D eigenvalue weighted by Crippen LogP contribution is 2.27. The summed E-state index contributed by atoms with van der Waals surface area (Å²) in [5.74, 6) is 0. The largest absolute Gasteiger partial charge is 0.396 e. The van der Waals surface area contributed by atoms with Gasteiger partial charge in [0.15, 0.2) is 0 Å². The highest BCUT2D eigenvalue weighted by molar-refractivity contribution is 9.09. The minimum absolute atomic E-state index is 0.338. The molecule has 0 radical (unpaired) electrons. The van der Waals surface area contributed by atoms with Crippen LogP contribution >= 0.6 is 15.9 Å². The molecule has 0 aromatic rings. The normalized spacial score (nSPS) is 12.0. The van der Waals surface area contributed by atoms with Crippen LogP contribution in [0.4, 0.5) is 0 Å². The summed E-state index contributed by atoms with van der Waals surface area (Å²) in [5, 5.41) is 9.67. The minimum atomic E-state index is 0.338. The molecular formula is C9H19BrO. The zero-order valence-corrected chi connectivity index (χ0v) is 9.15. The van der Waals surface area contributed by atoms with Crippen molar-refractivity contribution in [1.82, 2.24) is 0 Å². The molecular weight excluding hydrogens is 204 g/mol. The first-order valence-electron chi connectivity index (χ1n) is 4.29. The van der Waals surface area contributed by atoms with Crippen molar-refractivity contribution in [3.63, 3.8) is 0 Å². The van der Waals surface area contributed by atoms with E-state index in [0.29, 0.717) is 12.0 Å². The zero-order chi connectivity index (χ0) is 8.74. The van der Waals surface area contributed by atoms with Crippen molar-refractivity contribution in [3.05, 3.63) is 0 Å². The molecule has 0 saturated carbocycles. The van der Waals surface area contributed by atoms with Crippen LogP contribution in [0.3, 0.4) is 0 Å². The molecule has 11 heavy (non-hydrogen) atoms. The Morgan fingerprint density at radius 3 is 2.27 bits per heavy atom. The van der Waals surface area contributed by atoms with Crippen LogP contribution < -0.4 is 0 Å². The monoisotopic (exact) mass is 222 g/mol. The van der Waals surface area contributed by atoms with Crippen molar-refractivity contribution in [2.45, 2.75) is 39.5 Å². The lowest BCUT2D eigenvalue weighted by atomic mass is 9.85. The molecule has 0 atom stereocenters. The summed E-state index contributed by atoms with van der Waals surface area (Å²) in [6.45, 7) is 4.90. The van der Waals surface area contributed by atoms with Crippen LogP contribution in [-0.4, -0.2) is 17.0 Å². The van der Waals surface area contributed by atoms with Crippen molar-refractivity contribution in [3.8, 4) is 0 Å². The van der Waals surface area contributed by atoms with Crippen LogP contribution in [0.25, 0.3) is 0 Å². The number of halogens is 1. The molecule has 0 amide bonds. The standard InChI is InChI=1S/C9H19BrO/c1-9(2,6-7-10)5-3-4-8-11/h11H,3-8H2,1-2H3. The second-order valence-corrected chi connectivity index (χ2v) is 4.58. The molecule has 0 fully saturated rings. The van der Waals surface area contributed by atoms with Gasteiger partial charge in [0.25, 0.3) is 0 Å². The molecule has 0 aliphatic heterocycles. The SMILES string of the molecule is CC(C)(CCBr)CCCCO. The average Bonchev–Trinajstić information content (AvgIpc) is 1.87. The number of rotatable bonds is 6. The van der Waals surface area contributed by atoms with Gasteiger partial charge in [0.1, 0.15) is 0 Å². The van der Waals surface area contributed by atoms with E-state index in [4.69, 9.17) is 5.11 Å². The van der Waals surface area contributed by atoms with Gasteiger partial charge in [-0.2, -0.15) is 0 Å². The molecule has 0 heterocycles. The Bertz CT molecular complexity index is 91.6. The minimum Gasteiger partial charge on any atom is -0.396 e. The number of aliphatic hydroxyl groups excluding tert-OH is 1. The Labute approximate surface area is 78.3 Å². The van der Waals surface area contributed by atoms with E-state index in [1.54, 1.807) is 0 Å². The zero-order valence-electron chi connectivity index (χ0n) is 7.57. The van der Waals surface area contributed by atoms with Gasteiger partial charge in [-0.25, -0.2) is 0 Å². The molecule has 0 saturated heterocycles. The third kappa shape index (κ3) is 6.82. The fraction of sp³-hybridized carbons (Fsp3) is 1.00. The van der Waals surface area contributed by atoms with E-state index in [0.717, 1.165) is 18.2 Å². The van der Waals surface area contributed by atoms with Crippen LogP contribution in [0.1, 0.15) is 39.5 Å². The van der Waals surface area contributed by atoms with Gasteiger partial charge in [0.2, 0.25) is 0 Å². The molecule has 0 aliphatic rings. The molecule has 0 aromatic carbocycles. The predicted octanol–water partition coefficient (Wildman–Crippen LogP) is 2.96. The lowest BCUT2D eigenvalue weighted by Gasteiger charge is -2.22. The first kappa shape index (κ1) is 11.4. The molecule has 1 nitrogen and oxygen atoms in total. The molecule has 0 bridgehead atoms. The second kappa shape index (κ2) is 6.01. The Morgan fingerprint density at radius 2 is 1.82 bits per heavy atom. The summed E-state index contributed by atoms with van der Waals surface area (Å²) in [4.78, 5) is 0. The molecule has 0 spiro atoms. The van der Waals surface area contributed by atoms with E-state index < -0.39 is 0 Å². The summed E-state index contributed by atoms with van der Waals surface area (Å²) >= 11 is 3.44. The second-order valence-electron chi connectivity index (χ2n) is 3.78. The van der Waals surface area contributed by atoms with Gasteiger partial charge >= 0.3 is 0 Å². The molecule has 2 heteroatoms. The van der Waals surface area contributed by atoms with Crippen molar-refractivity contribution in [2.75, 3.05) is 11.9 Å². The van der Waals surface area contributed by atoms with Crippen LogP contribution in [-0.2, 0) is 0 Å². The maximum absolute atomic E-state index is 8.58. The van der Waals surface area contributed by atoms with Crippen LogP contribution in [0.15, 0.2) is 0 Å². The predicted molar refractivity (Wildman–Crippen MR) is 53.1 cm³/mol. The number of alkyl halides is 1. The van der Waals surface area contributed by atoms with E-state index in [2.05, 4.69) is 29.8 Å². The van der Waals surface area contributed by atoms with Gasteiger partial charge in [0, 0.05) is 11.9 Å². The van der Waals surface area contributed by atoms with Crippen molar-refractivity contribution < 1.29 is 5.11 Å².